The third-order valence-corrected chi connectivity index (χ3v) is 8.25. The first kappa shape index (κ1) is 28.1. The van der Waals surface area contributed by atoms with Gasteiger partial charge >= 0.3 is 6.18 Å². The first-order valence-corrected chi connectivity index (χ1v) is 12.7. The van der Waals surface area contributed by atoms with E-state index in [4.69, 9.17) is 11.6 Å². The molecule has 4 atom stereocenters. The number of carbonyl (C=O) groups is 2. The Hall–Kier alpha value is -3.48. The van der Waals surface area contributed by atoms with Gasteiger partial charge in [0.25, 0.3) is 5.92 Å². The summed E-state index contributed by atoms with van der Waals surface area (Å²) in [7, 11) is 2.98. The van der Waals surface area contributed by atoms with E-state index in [0.29, 0.717) is 5.69 Å². The van der Waals surface area contributed by atoms with E-state index in [1.807, 2.05) is 0 Å². The van der Waals surface area contributed by atoms with Crippen LogP contribution >= 0.6 is 11.6 Å². The van der Waals surface area contributed by atoms with Crippen LogP contribution in [-0.2, 0) is 15.0 Å². The molecule has 5 rings (SSSR count). The van der Waals surface area contributed by atoms with Gasteiger partial charge in [-0.2, -0.15) is 18.3 Å². The zero-order valence-corrected chi connectivity index (χ0v) is 22.9. The van der Waals surface area contributed by atoms with Crippen molar-refractivity contribution in [1.29, 1.82) is 0 Å². The van der Waals surface area contributed by atoms with Crippen molar-refractivity contribution in [2.45, 2.75) is 50.2 Å². The van der Waals surface area contributed by atoms with Gasteiger partial charge in [0.2, 0.25) is 11.8 Å². The number of fused-ring (bicyclic) bond motifs is 3. The smallest absolute Gasteiger partial charge is 0.347 e. The van der Waals surface area contributed by atoms with Gasteiger partial charge in [-0.25, -0.2) is 18.3 Å². The molecule has 1 fully saturated rings. The monoisotopic (exact) mass is 584 g/mol. The van der Waals surface area contributed by atoms with Gasteiger partial charge in [-0.05, 0) is 38.5 Å². The van der Waals surface area contributed by atoms with Crippen LogP contribution in [0.25, 0.3) is 5.65 Å². The molecule has 1 N–H and O–H groups in total. The molecule has 1 aromatic carbocycles. The standard InChI is InChI=1S/C26H26ClF5N6O2/c1-13(21(39)36(4)5)34-22(40)24(3)19(25(24,28)29)14-6-8-15(9-7-14)37-12-23(2,26(30,31)32)20-16(37)11-33-18-10-17(27)35-38(18)20/h6-11,13,19H,12H2,1-5H3,(H,34,40)/t13-,19-,23-,24+/m1/s1. The molecule has 214 valence electrons. The van der Waals surface area contributed by atoms with Crippen molar-refractivity contribution in [2.24, 2.45) is 5.41 Å². The van der Waals surface area contributed by atoms with Crippen LogP contribution < -0.4 is 10.2 Å². The lowest BCUT2D eigenvalue weighted by molar-refractivity contribution is -0.181. The minimum Gasteiger partial charge on any atom is -0.347 e. The maximum atomic E-state index is 15.1. The van der Waals surface area contributed by atoms with Gasteiger partial charge in [0.1, 0.15) is 16.9 Å². The minimum absolute atomic E-state index is 0.00820. The summed E-state index contributed by atoms with van der Waals surface area (Å²) in [6.07, 6.45) is -3.35. The number of halogens is 6. The lowest BCUT2D eigenvalue weighted by atomic mass is 9.87. The van der Waals surface area contributed by atoms with E-state index in [9.17, 15) is 22.8 Å². The van der Waals surface area contributed by atoms with E-state index in [0.717, 1.165) is 18.4 Å². The lowest BCUT2D eigenvalue weighted by Gasteiger charge is -2.28. The number of alkyl halides is 5. The predicted molar refractivity (Wildman–Crippen MR) is 137 cm³/mol. The Labute approximate surface area is 231 Å². The van der Waals surface area contributed by atoms with Crippen molar-refractivity contribution in [1.82, 2.24) is 24.8 Å². The van der Waals surface area contributed by atoms with E-state index in [1.54, 1.807) is 0 Å². The molecule has 3 heterocycles. The maximum absolute atomic E-state index is 15.1. The fraction of sp³-hybridized carbons (Fsp3) is 0.462. The van der Waals surface area contributed by atoms with Gasteiger partial charge in [0.15, 0.2) is 10.8 Å². The number of rotatable bonds is 5. The number of benzene rings is 1. The second-order valence-electron chi connectivity index (χ2n) is 10.9. The Balaban J connectivity index is 1.46. The fourth-order valence-electron chi connectivity index (χ4n) is 5.54. The summed E-state index contributed by atoms with van der Waals surface area (Å²) >= 11 is 5.95. The number of hydrogen-bond acceptors (Lipinski definition) is 5. The third-order valence-electron chi connectivity index (χ3n) is 8.07. The number of aromatic nitrogens is 3. The SMILES string of the molecule is C[C@@H](NC(=O)[C@]1(C)[C@@H](c2ccc(N3C[C@@](C)(C(F)(F)F)c4c3cnc3cc(Cl)nn43)cc2)C1(F)F)C(=O)N(C)C. The Bertz CT molecular complexity index is 1520. The topological polar surface area (TPSA) is 82.8 Å². The van der Waals surface area contributed by atoms with E-state index in [1.165, 1.54) is 67.3 Å². The molecule has 2 amide bonds. The highest BCUT2D eigenvalue weighted by molar-refractivity contribution is 6.29. The Kier molecular flexibility index (Phi) is 6.14. The zero-order chi connectivity index (χ0) is 29.6. The molecular weight excluding hydrogens is 559 g/mol. The van der Waals surface area contributed by atoms with Crippen molar-refractivity contribution in [3.8, 4) is 0 Å². The Morgan fingerprint density at radius 2 is 1.80 bits per heavy atom. The summed E-state index contributed by atoms with van der Waals surface area (Å²) in [5, 5.41) is 6.37. The van der Waals surface area contributed by atoms with E-state index < -0.39 is 53.2 Å². The molecule has 1 aliphatic carbocycles. The Morgan fingerprint density at radius 3 is 2.38 bits per heavy atom. The van der Waals surface area contributed by atoms with Gasteiger partial charge in [0.05, 0.1) is 23.5 Å². The molecule has 14 heteroatoms. The van der Waals surface area contributed by atoms with Crippen LogP contribution in [0.5, 0.6) is 0 Å². The number of likely N-dealkylation sites (N-methyl/N-ethyl adjacent to an activating group) is 1. The number of amides is 2. The van der Waals surface area contributed by atoms with Gasteiger partial charge in [0, 0.05) is 32.4 Å². The molecule has 1 saturated carbocycles. The first-order valence-electron chi connectivity index (χ1n) is 12.3. The van der Waals surface area contributed by atoms with Gasteiger partial charge in [-0.15, -0.1) is 0 Å². The third kappa shape index (κ3) is 3.84. The van der Waals surface area contributed by atoms with Crippen LogP contribution in [0.4, 0.5) is 33.3 Å². The zero-order valence-electron chi connectivity index (χ0n) is 22.1. The average molecular weight is 585 g/mol. The largest absolute Gasteiger partial charge is 0.401 e. The summed E-state index contributed by atoms with van der Waals surface area (Å²) in [5.41, 5.74) is -3.80. The van der Waals surface area contributed by atoms with Crippen LogP contribution in [-0.4, -0.2) is 70.1 Å². The minimum atomic E-state index is -4.65. The lowest BCUT2D eigenvalue weighted by Crippen LogP contribution is -2.47. The number of anilines is 2. The fourth-order valence-corrected chi connectivity index (χ4v) is 5.71. The van der Waals surface area contributed by atoms with E-state index in [2.05, 4.69) is 15.4 Å². The highest BCUT2D eigenvalue weighted by atomic mass is 35.5. The van der Waals surface area contributed by atoms with Gasteiger partial charge < -0.3 is 15.1 Å². The highest BCUT2D eigenvalue weighted by Gasteiger charge is 2.82. The molecule has 2 aliphatic rings. The molecule has 0 unspecified atom stereocenters. The summed E-state index contributed by atoms with van der Waals surface area (Å²) in [4.78, 5) is 31.8. The molecule has 0 bridgehead atoms. The molecular formula is C26H26ClF5N6O2. The maximum Gasteiger partial charge on any atom is 0.401 e. The van der Waals surface area contributed by atoms with Crippen molar-refractivity contribution in [2.75, 3.05) is 25.5 Å². The normalized spacial score (nSPS) is 26.0. The molecule has 40 heavy (non-hydrogen) atoms. The van der Waals surface area contributed by atoms with Crippen molar-refractivity contribution < 1.29 is 31.5 Å². The van der Waals surface area contributed by atoms with Crippen LogP contribution in [0.15, 0.2) is 36.5 Å². The van der Waals surface area contributed by atoms with E-state index in [-0.39, 0.29) is 27.7 Å². The number of carbonyl (C=O) groups excluding carboxylic acids is 2. The van der Waals surface area contributed by atoms with Crippen molar-refractivity contribution >= 4 is 40.4 Å². The average Bonchev–Trinajstić information content (AvgIpc) is 3.14. The van der Waals surface area contributed by atoms with E-state index >= 15 is 8.78 Å². The number of nitrogens with zero attached hydrogens (tertiary/aromatic N) is 5. The summed E-state index contributed by atoms with van der Waals surface area (Å²) in [5.74, 6) is -6.28. The van der Waals surface area contributed by atoms with Crippen molar-refractivity contribution in [3.63, 3.8) is 0 Å². The van der Waals surface area contributed by atoms with Gasteiger partial charge in [-0.3, -0.25) is 9.59 Å². The molecule has 3 aromatic rings. The second-order valence-corrected chi connectivity index (χ2v) is 11.3. The molecule has 2 aromatic heterocycles. The first-order chi connectivity index (χ1) is 18.4. The quantitative estimate of drug-likeness (QED) is 0.440. The summed E-state index contributed by atoms with van der Waals surface area (Å²) in [6, 6.07) is 5.98. The van der Waals surface area contributed by atoms with Crippen LogP contribution in [0.3, 0.4) is 0 Å². The molecule has 0 spiro atoms. The van der Waals surface area contributed by atoms with Crippen molar-refractivity contribution in [3.05, 3.63) is 52.9 Å². The Morgan fingerprint density at radius 1 is 1.18 bits per heavy atom. The molecule has 8 nitrogen and oxygen atoms in total. The molecule has 1 aliphatic heterocycles. The number of nitrogens with one attached hydrogen (secondary N) is 1. The summed E-state index contributed by atoms with van der Waals surface area (Å²) in [6.45, 7) is 3.11. The second kappa shape index (κ2) is 8.76. The van der Waals surface area contributed by atoms with Crippen LogP contribution in [0.2, 0.25) is 5.15 Å². The molecule has 0 saturated heterocycles. The van der Waals surface area contributed by atoms with Crippen LogP contribution in [0.1, 0.15) is 37.9 Å². The molecule has 0 radical (unpaired) electrons. The number of hydrogen-bond donors (Lipinski definition) is 1. The summed E-state index contributed by atoms with van der Waals surface area (Å²) < 4.78 is 74.4. The van der Waals surface area contributed by atoms with Crippen LogP contribution in [0, 0.1) is 5.41 Å². The highest BCUT2D eigenvalue weighted by Crippen LogP contribution is 2.71. The van der Waals surface area contributed by atoms with Gasteiger partial charge in [-0.1, -0.05) is 23.7 Å². The predicted octanol–water partition coefficient (Wildman–Crippen LogP) is 4.69.